The highest BCUT2D eigenvalue weighted by Crippen LogP contribution is 2.15. The summed E-state index contributed by atoms with van der Waals surface area (Å²) in [4.78, 5) is 16.5. The number of anilines is 2. The molecule has 126 valence electrons. The van der Waals surface area contributed by atoms with Crippen LogP contribution in [0.25, 0.3) is 0 Å². The van der Waals surface area contributed by atoms with Crippen LogP contribution in [0.2, 0.25) is 5.02 Å². The zero-order valence-corrected chi connectivity index (χ0v) is 14.5. The van der Waals surface area contributed by atoms with E-state index in [1.54, 1.807) is 30.5 Å². The molecular formula is C20H18ClN3O. The van der Waals surface area contributed by atoms with E-state index in [2.05, 4.69) is 34.7 Å². The van der Waals surface area contributed by atoms with Gasteiger partial charge in [-0.1, -0.05) is 41.9 Å². The highest BCUT2D eigenvalue weighted by molar-refractivity contribution is 6.31. The number of hydrogen-bond acceptors (Lipinski definition) is 3. The highest BCUT2D eigenvalue weighted by Gasteiger charge is 2.07. The summed E-state index contributed by atoms with van der Waals surface area (Å²) in [6, 6.07) is 18.7. The quantitative estimate of drug-likeness (QED) is 0.686. The van der Waals surface area contributed by atoms with E-state index in [9.17, 15) is 4.79 Å². The van der Waals surface area contributed by atoms with Gasteiger partial charge >= 0.3 is 0 Å². The minimum atomic E-state index is -0.218. The molecule has 1 heterocycles. The van der Waals surface area contributed by atoms with Crippen molar-refractivity contribution in [3.63, 3.8) is 0 Å². The predicted octanol–water partition coefficient (Wildman–Crippen LogP) is 4.91. The summed E-state index contributed by atoms with van der Waals surface area (Å²) in [5.74, 6) is 0.536. The summed E-state index contributed by atoms with van der Waals surface area (Å²) < 4.78 is 0. The first-order valence-electron chi connectivity index (χ1n) is 7.93. The first-order valence-corrected chi connectivity index (χ1v) is 8.31. The second-order valence-corrected chi connectivity index (χ2v) is 6.11. The van der Waals surface area contributed by atoms with Crippen LogP contribution < -0.4 is 10.6 Å². The van der Waals surface area contributed by atoms with Crippen molar-refractivity contribution >= 4 is 29.0 Å². The highest BCUT2D eigenvalue weighted by atomic mass is 35.5. The van der Waals surface area contributed by atoms with Gasteiger partial charge in [-0.2, -0.15) is 0 Å². The average Bonchev–Trinajstić information content (AvgIpc) is 2.62. The van der Waals surface area contributed by atoms with E-state index in [4.69, 9.17) is 11.6 Å². The standard InChI is InChI=1S/C20H18ClN3O/c1-14-5-2-3-6-16(14)12-22-19-10-9-18(13-23-19)24-20(25)15-7-4-8-17(21)11-15/h2-11,13H,12H2,1H3,(H,22,23)(H,24,25). The van der Waals surface area contributed by atoms with Crippen LogP contribution in [0.4, 0.5) is 11.5 Å². The summed E-state index contributed by atoms with van der Waals surface area (Å²) in [6.07, 6.45) is 1.63. The zero-order chi connectivity index (χ0) is 17.6. The van der Waals surface area contributed by atoms with E-state index in [0.29, 0.717) is 22.8 Å². The lowest BCUT2D eigenvalue weighted by Crippen LogP contribution is -2.12. The van der Waals surface area contributed by atoms with Crippen molar-refractivity contribution < 1.29 is 4.79 Å². The smallest absolute Gasteiger partial charge is 0.255 e. The van der Waals surface area contributed by atoms with Crippen molar-refractivity contribution in [2.75, 3.05) is 10.6 Å². The van der Waals surface area contributed by atoms with Gasteiger partial charge in [0.1, 0.15) is 5.82 Å². The number of nitrogens with zero attached hydrogens (tertiary/aromatic N) is 1. The number of hydrogen-bond donors (Lipinski definition) is 2. The fraction of sp³-hybridized carbons (Fsp3) is 0.100. The number of benzene rings is 2. The number of nitrogens with one attached hydrogen (secondary N) is 2. The molecule has 1 amide bonds. The predicted molar refractivity (Wildman–Crippen MR) is 102 cm³/mol. The van der Waals surface area contributed by atoms with Gasteiger partial charge in [0.05, 0.1) is 11.9 Å². The summed E-state index contributed by atoms with van der Waals surface area (Å²) in [7, 11) is 0. The third kappa shape index (κ3) is 4.58. The first kappa shape index (κ1) is 17.0. The topological polar surface area (TPSA) is 54.0 Å². The number of carbonyl (C=O) groups excluding carboxylic acids is 1. The van der Waals surface area contributed by atoms with Crippen LogP contribution in [-0.2, 0) is 6.54 Å². The average molecular weight is 352 g/mol. The van der Waals surface area contributed by atoms with Crippen LogP contribution in [0, 0.1) is 6.92 Å². The molecule has 3 rings (SSSR count). The zero-order valence-electron chi connectivity index (χ0n) is 13.8. The molecule has 5 heteroatoms. The molecule has 2 N–H and O–H groups in total. The molecule has 2 aromatic carbocycles. The number of carbonyl (C=O) groups is 1. The van der Waals surface area contributed by atoms with Crippen LogP contribution in [0.5, 0.6) is 0 Å². The lowest BCUT2D eigenvalue weighted by Gasteiger charge is -2.09. The van der Waals surface area contributed by atoms with E-state index in [-0.39, 0.29) is 5.91 Å². The maximum Gasteiger partial charge on any atom is 0.255 e. The third-order valence-corrected chi connectivity index (χ3v) is 4.06. The van der Waals surface area contributed by atoms with Crippen molar-refractivity contribution in [2.45, 2.75) is 13.5 Å². The molecule has 0 saturated heterocycles. The lowest BCUT2D eigenvalue weighted by atomic mass is 10.1. The van der Waals surface area contributed by atoms with Crippen LogP contribution in [0.1, 0.15) is 21.5 Å². The molecule has 4 nitrogen and oxygen atoms in total. The molecule has 1 aromatic heterocycles. The molecule has 0 aliphatic carbocycles. The van der Waals surface area contributed by atoms with Crippen LogP contribution in [0.15, 0.2) is 66.9 Å². The molecule has 0 unspecified atom stereocenters. The molecular weight excluding hydrogens is 334 g/mol. The van der Waals surface area contributed by atoms with Gasteiger partial charge in [-0.3, -0.25) is 4.79 Å². The van der Waals surface area contributed by atoms with Gasteiger partial charge in [-0.25, -0.2) is 4.98 Å². The van der Waals surface area contributed by atoms with Gasteiger partial charge < -0.3 is 10.6 Å². The Labute approximate surface area is 151 Å². The molecule has 0 fully saturated rings. The Morgan fingerprint density at radius 3 is 2.64 bits per heavy atom. The van der Waals surface area contributed by atoms with Gasteiger partial charge in [-0.05, 0) is 48.4 Å². The normalized spacial score (nSPS) is 10.3. The molecule has 0 aliphatic rings. The van der Waals surface area contributed by atoms with Crippen LogP contribution >= 0.6 is 11.6 Å². The second-order valence-electron chi connectivity index (χ2n) is 5.68. The minimum Gasteiger partial charge on any atom is -0.366 e. The van der Waals surface area contributed by atoms with Crippen LogP contribution in [0.3, 0.4) is 0 Å². The Balaban J connectivity index is 1.60. The van der Waals surface area contributed by atoms with Crippen molar-refractivity contribution in [1.82, 2.24) is 4.98 Å². The number of pyridine rings is 1. The summed E-state index contributed by atoms with van der Waals surface area (Å²) in [5, 5.41) is 6.62. The monoisotopic (exact) mass is 351 g/mol. The Morgan fingerprint density at radius 1 is 1.08 bits per heavy atom. The van der Waals surface area contributed by atoms with E-state index in [1.807, 2.05) is 24.3 Å². The maximum absolute atomic E-state index is 12.2. The maximum atomic E-state index is 12.2. The Kier molecular flexibility index (Phi) is 5.31. The van der Waals surface area contributed by atoms with E-state index < -0.39 is 0 Å². The minimum absolute atomic E-state index is 0.218. The molecule has 0 atom stereocenters. The van der Waals surface area contributed by atoms with Crippen molar-refractivity contribution in [1.29, 1.82) is 0 Å². The first-order chi connectivity index (χ1) is 12.1. The molecule has 3 aromatic rings. The summed E-state index contributed by atoms with van der Waals surface area (Å²) in [6.45, 7) is 2.78. The molecule has 0 bridgehead atoms. The third-order valence-electron chi connectivity index (χ3n) is 3.83. The van der Waals surface area contributed by atoms with Crippen molar-refractivity contribution in [3.05, 3.63) is 88.6 Å². The summed E-state index contributed by atoms with van der Waals surface area (Å²) >= 11 is 5.91. The molecule has 0 radical (unpaired) electrons. The SMILES string of the molecule is Cc1ccccc1CNc1ccc(NC(=O)c2cccc(Cl)c2)cn1. The van der Waals surface area contributed by atoms with E-state index in [1.165, 1.54) is 11.1 Å². The number of aryl methyl sites for hydroxylation is 1. The van der Waals surface area contributed by atoms with E-state index in [0.717, 1.165) is 5.82 Å². The Bertz CT molecular complexity index is 878. The Hall–Kier alpha value is -2.85. The van der Waals surface area contributed by atoms with Gasteiger partial charge in [0.2, 0.25) is 0 Å². The van der Waals surface area contributed by atoms with Gasteiger partial charge in [0, 0.05) is 17.1 Å². The molecule has 0 saturated carbocycles. The van der Waals surface area contributed by atoms with Gasteiger partial charge in [0.15, 0.2) is 0 Å². The van der Waals surface area contributed by atoms with Gasteiger partial charge in [0.25, 0.3) is 5.91 Å². The molecule has 25 heavy (non-hydrogen) atoms. The fourth-order valence-corrected chi connectivity index (χ4v) is 2.59. The Morgan fingerprint density at radius 2 is 1.92 bits per heavy atom. The number of halogens is 1. The molecule has 0 spiro atoms. The number of rotatable bonds is 5. The van der Waals surface area contributed by atoms with Crippen molar-refractivity contribution in [3.8, 4) is 0 Å². The van der Waals surface area contributed by atoms with Crippen molar-refractivity contribution in [2.24, 2.45) is 0 Å². The lowest BCUT2D eigenvalue weighted by molar-refractivity contribution is 0.102. The number of aromatic nitrogens is 1. The summed E-state index contributed by atoms with van der Waals surface area (Å²) in [5.41, 5.74) is 3.60. The fourth-order valence-electron chi connectivity index (χ4n) is 2.40. The number of amides is 1. The van der Waals surface area contributed by atoms with Crippen LogP contribution in [-0.4, -0.2) is 10.9 Å². The van der Waals surface area contributed by atoms with E-state index >= 15 is 0 Å². The molecule has 0 aliphatic heterocycles. The van der Waals surface area contributed by atoms with Gasteiger partial charge in [-0.15, -0.1) is 0 Å². The largest absolute Gasteiger partial charge is 0.366 e. The second kappa shape index (κ2) is 7.81.